The zero-order chi connectivity index (χ0) is 11.5. The minimum Gasteiger partial charge on any atom is -0.369 e. The fourth-order valence-electron chi connectivity index (χ4n) is 2.10. The molecule has 1 aromatic heterocycles. The van der Waals surface area contributed by atoms with Crippen LogP contribution >= 0.6 is 11.6 Å². The molecule has 88 valence electrons. The van der Waals surface area contributed by atoms with Crippen molar-refractivity contribution >= 4 is 17.3 Å². The predicted molar refractivity (Wildman–Crippen MR) is 65.1 cm³/mol. The van der Waals surface area contributed by atoms with Gasteiger partial charge < -0.3 is 4.90 Å². The Hall–Kier alpha value is -1.03. The first-order valence-electron chi connectivity index (χ1n) is 5.66. The highest BCUT2D eigenvalue weighted by molar-refractivity contribution is 6.32. The maximum Gasteiger partial charge on any atom is 0.285 e. The third-order valence-corrected chi connectivity index (χ3v) is 3.50. The standard InChI is InChI=1S/C11H16ClN3O/c1-8-3-2-5-15(6-4-8)9-7-13-14-11(16)10(9)12/h7-8H,2-6H2,1H3,(H,14,16). The molecular weight excluding hydrogens is 226 g/mol. The number of H-pyrrole nitrogens is 1. The van der Waals surface area contributed by atoms with Crippen LogP contribution in [0.4, 0.5) is 5.69 Å². The lowest BCUT2D eigenvalue weighted by Crippen LogP contribution is -2.26. The molecule has 1 aliphatic rings. The SMILES string of the molecule is CC1CCCN(c2cn[nH]c(=O)c2Cl)CC1. The fraction of sp³-hybridized carbons (Fsp3) is 0.636. The van der Waals surface area contributed by atoms with Crippen LogP contribution in [0.3, 0.4) is 0 Å². The second-order valence-electron chi connectivity index (χ2n) is 4.42. The van der Waals surface area contributed by atoms with Gasteiger partial charge in [-0.05, 0) is 25.2 Å². The molecule has 16 heavy (non-hydrogen) atoms. The molecule has 0 aliphatic carbocycles. The molecule has 1 aliphatic heterocycles. The van der Waals surface area contributed by atoms with Crippen molar-refractivity contribution in [1.82, 2.24) is 10.2 Å². The van der Waals surface area contributed by atoms with E-state index < -0.39 is 0 Å². The molecule has 1 unspecified atom stereocenters. The lowest BCUT2D eigenvalue weighted by molar-refractivity contribution is 0.521. The Kier molecular flexibility index (Phi) is 3.49. The van der Waals surface area contributed by atoms with Crippen LogP contribution < -0.4 is 10.5 Å². The van der Waals surface area contributed by atoms with Crippen LogP contribution in [0.5, 0.6) is 0 Å². The summed E-state index contributed by atoms with van der Waals surface area (Å²) in [6.07, 6.45) is 5.16. The first-order chi connectivity index (χ1) is 7.68. The first-order valence-corrected chi connectivity index (χ1v) is 6.04. The average molecular weight is 242 g/mol. The predicted octanol–water partition coefficient (Wildman–Crippen LogP) is 2.05. The largest absolute Gasteiger partial charge is 0.369 e. The van der Waals surface area contributed by atoms with Gasteiger partial charge in [-0.15, -0.1) is 0 Å². The number of nitrogens with one attached hydrogen (secondary N) is 1. The number of nitrogens with zero attached hydrogens (tertiary/aromatic N) is 2. The zero-order valence-corrected chi connectivity index (χ0v) is 10.1. The minimum atomic E-state index is -0.309. The van der Waals surface area contributed by atoms with Gasteiger partial charge in [0.05, 0.1) is 11.9 Å². The number of hydrogen-bond donors (Lipinski definition) is 1. The molecule has 0 spiro atoms. The van der Waals surface area contributed by atoms with Gasteiger partial charge in [0.2, 0.25) is 0 Å². The van der Waals surface area contributed by atoms with Crippen molar-refractivity contribution in [3.05, 3.63) is 21.6 Å². The van der Waals surface area contributed by atoms with E-state index in [4.69, 9.17) is 11.6 Å². The zero-order valence-electron chi connectivity index (χ0n) is 9.37. The van der Waals surface area contributed by atoms with Crippen molar-refractivity contribution in [1.29, 1.82) is 0 Å². The highest BCUT2D eigenvalue weighted by Crippen LogP contribution is 2.25. The summed E-state index contributed by atoms with van der Waals surface area (Å²) in [5.41, 5.74) is 0.455. The number of aromatic amines is 1. The fourth-order valence-corrected chi connectivity index (χ4v) is 2.31. The summed E-state index contributed by atoms with van der Waals surface area (Å²) in [6.45, 7) is 4.17. The van der Waals surface area contributed by atoms with E-state index in [0.717, 1.165) is 37.5 Å². The molecule has 0 saturated carbocycles. The van der Waals surface area contributed by atoms with E-state index in [1.54, 1.807) is 6.20 Å². The highest BCUT2D eigenvalue weighted by atomic mass is 35.5. The van der Waals surface area contributed by atoms with Crippen molar-refractivity contribution in [2.75, 3.05) is 18.0 Å². The van der Waals surface area contributed by atoms with E-state index in [9.17, 15) is 4.79 Å². The summed E-state index contributed by atoms with van der Waals surface area (Å²) in [4.78, 5) is 13.5. The number of rotatable bonds is 1. The molecular formula is C11H16ClN3O. The molecule has 4 nitrogen and oxygen atoms in total. The van der Waals surface area contributed by atoms with E-state index in [1.165, 1.54) is 6.42 Å². The lowest BCUT2D eigenvalue weighted by Gasteiger charge is -2.22. The van der Waals surface area contributed by atoms with Gasteiger partial charge in [-0.2, -0.15) is 5.10 Å². The van der Waals surface area contributed by atoms with Crippen LogP contribution in [0.15, 0.2) is 11.0 Å². The van der Waals surface area contributed by atoms with Crippen LogP contribution in [0.1, 0.15) is 26.2 Å². The quantitative estimate of drug-likeness (QED) is 0.819. The van der Waals surface area contributed by atoms with Gasteiger partial charge in [0.1, 0.15) is 5.02 Å². The van der Waals surface area contributed by atoms with Gasteiger partial charge in [0.15, 0.2) is 0 Å². The Morgan fingerprint density at radius 3 is 3.12 bits per heavy atom. The molecule has 0 radical (unpaired) electrons. The van der Waals surface area contributed by atoms with Crippen molar-refractivity contribution in [3.8, 4) is 0 Å². The molecule has 1 saturated heterocycles. The Morgan fingerprint density at radius 2 is 2.31 bits per heavy atom. The summed E-state index contributed by atoms with van der Waals surface area (Å²) in [6, 6.07) is 0. The smallest absolute Gasteiger partial charge is 0.285 e. The average Bonchev–Trinajstić information content (AvgIpc) is 2.47. The van der Waals surface area contributed by atoms with Crippen molar-refractivity contribution in [2.24, 2.45) is 5.92 Å². The van der Waals surface area contributed by atoms with E-state index in [0.29, 0.717) is 0 Å². The van der Waals surface area contributed by atoms with Gasteiger partial charge in [0, 0.05) is 13.1 Å². The maximum atomic E-state index is 11.4. The summed E-state index contributed by atoms with van der Waals surface area (Å²) in [7, 11) is 0. The number of anilines is 1. The van der Waals surface area contributed by atoms with Gasteiger partial charge in [-0.25, -0.2) is 5.10 Å². The maximum absolute atomic E-state index is 11.4. The van der Waals surface area contributed by atoms with Gasteiger partial charge in [0.25, 0.3) is 5.56 Å². The third kappa shape index (κ3) is 2.38. The van der Waals surface area contributed by atoms with Gasteiger partial charge in [-0.3, -0.25) is 4.79 Å². The van der Waals surface area contributed by atoms with E-state index in [2.05, 4.69) is 22.0 Å². The first kappa shape index (κ1) is 11.5. The second-order valence-corrected chi connectivity index (χ2v) is 4.80. The molecule has 0 bridgehead atoms. The van der Waals surface area contributed by atoms with Gasteiger partial charge >= 0.3 is 0 Å². The monoisotopic (exact) mass is 241 g/mol. The molecule has 0 amide bonds. The number of hydrogen-bond acceptors (Lipinski definition) is 3. The van der Waals surface area contributed by atoms with Gasteiger partial charge in [-0.1, -0.05) is 18.5 Å². The molecule has 2 rings (SSSR count). The van der Waals surface area contributed by atoms with Crippen LogP contribution in [-0.2, 0) is 0 Å². The Morgan fingerprint density at radius 1 is 1.50 bits per heavy atom. The highest BCUT2D eigenvalue weighted by Gasteiger charge is 2.17. The molecule has 1 N–H and O–H groups in total. The molecule has 1 aromatic rings. The lowest BCUT2D eigenvalue weighted by atomic mass is 10.0. The van der Waals surface area contributed by atoms with Crippen molar-refractivity contribution < 1.29 is 0 Å². The molecule has 0 aromatic carbocycles. The summed E-state index contributed by atoms with van der Waals surface area (Å²) < 4.78 is 0. The van der Waals surface area contributed by atoms with Crippen molar-refractivity contribution in [3.63, 3.8) is 0 Å². The molecule has 5 heteroatoms. The number of aromatic nitrogens is 2. The molecule has 2 heterocycles. The number of halogens is 1. The molecule has 1 fully saturated rings. The van der Waals surface area contributed by atoms with Crippen LogP contribution in [0.25, 0.3) is 0 Å². The van der Waals surface area contributed by atoms with Crippen LogP contribution in [0.2, 0.25) is 5.02 Å². The second kappa shape index (κ2) is 4.87. The summed E-state index contributed by atoms with van der Waals surface area (Å²) >= 11 is 5.99. The minimum absolute atomic E-state index is 0.254. The van der Waals surface area contributed by atoms with E-state index >= 15 is 0 Å². The third-order valence-electron chi connectivity index (χ3n) is 3.13. The topological polar surface area (TPSA) is 49.0 Å². The normalized spacial score (nSPS) is 21.9. The Labute approximate surface area is 99.6 Å². The van der Waals surface area contributed by atoms with Crippen molar-refractivity contribution in [2.45, 2.75) is 26.2 Å². The Balaban J connectivity index is 2.23. The van der Waals surface area contributed by atoms with Crippen LogP contribution in [0, 0.1) is 5.92 Å². The summed E-state index contributed by atoms with van der Waals surface area (Å²) in [5, 5.41) is 6.40. The Bertz CT molecular complexity index is 418. The molecule has 1 atom stereocenters. The van der Waals surface area contributed by atoms with Crippen LogP contribution in [-0.4, -0.2) is 23.3 Å². The van der Waals surface area contributed by atoms with E-state index in [1.807, 2.05) is 0 Å². The van der Waals surface area contributed by atoms with E-state index in [-0.39, 0.29) is 10.6 Å². The summed E-state index contributed by atoms with van der Waals surface area (Å²) in [5.74, 6) is 0.749.